The summed E-state index contributed by atoms with van der Waals surface area (Å²) in [5, 5.41) is 3.13. The zero-order valence-corrected chi connectivity index (χ0v) is 12.6. The molecule has 0 bridgehead atoms. The van der Waals surface area contributed by atoms with Crippen LogP contribution in [0, 0.1) is 5.82 Å². The molecule has 0 aliphatic heterocycles. The average molecular weight is 304 g/mol. The lowest BCUT2D eigenvalue weighted by atomic mass is 10.3. The predicted molar refractivity (Wildman–Crippen MR) is 78.1 cm³/mol. The van der Waals surface area contributed by atoms with E-state index in [1.54, 1.807) is 0 Å². The summed E-state index contributed by atoms with van der Waals surface area (Å²) < 4.78 is 44.2. The molecule has 0 aliphatic rings. The van der Waals surface area contributed by atoms with E-state index in [0.717, 1.165) is 19.0 Å². The molecule has 0 aromatic heterocycles. The van der Waals surface area contributed by atoms with Crippen LogP contribution in [-0.2, 0) is 10.0 Å². The summed E-state index contributed by atoms with van der Waals surface area (Å²) in [4.78, 5) is 0. The van der Waals surface area contributed by atoms with Gasteiger partial charge in [-0.25, -0.2) is 12.8 Å². The molecule has 1 aromatic rings. The third-order valence-electron chi connectivity index (χ3n) is 2.62. The molecule has 7 heteroatoms. The van der Waals surface area contributed by atoms with Crippen molar-refractivity contribution in [2.75, 3.05) is 30.7 Å². The van der Waals surface area contributed by atoms with E-state index in [2.05, 4.69) is 10.0 Å². The number of methoxy groups -OCH3 is 1. The number of hydrogen-bond acceptors (Lipinski definition) is 4. The fourth-order valence-electron chi connectivity index (χ4n) is 1.65. The van der Waals surface area contributed by atoms with Gasteiger partial charge in [-0.3, -0.25) is 4.72 Å². The van der Waals surface area contributed by atoms with Crippen molar-refractivity contribution in [3.05, 3.63) is 24.0 Å². The van der Waals surface area contributed by atoms with Crippen molar-refractivity contribution in [3.63, 3.8) is 0 Å². The van der Waals surface area contributed by atoms with Gasteiger partial charge in [-0.2, -0.15) is 0 Å². The van der Waals surface area contributed by atoms with Gasteiger partial charge in [-0.1, -0.05) is 6.92 Å². The quantitative estimate of drug-likeness (QED) is 0.684. The molecule has 0 heterocycles. The van der Waals surface area contributed by atoms with Crippen LogP contribution >= 0.6 is 0 Å². The fraction of sp³-hybridized carbons (Fsp3) is 0.538. The summed E-state index contributed by atoms with van der Waals surface area (Å²) in [7, 11) is -2.10. The maximum Gasteiger partial charge on any atom is 0.232 e. The van der Waals surface area contributed by atoms with Crippen LogP contribution in [0.25, 0.3) is 0 Å². The van der Waals surface area contributed by atoms with Crippen molar-refractivity contribution < 1.29 is 17.5 Å². The van der Waals surface area contributed by atoms with E-state index in [0.29, 0.717) is 13.0 Å². The Labute approximate surface area is 119 Å². The zero-order chi connectivity index (χ0) is 15.0. The Bertz CT molecular complexity index is 520. The van der Waals surface area contributed by atoms with Gasteiger partial charge in [0, 0.05) is 6.07 Å². The average Bonchev–Trinajstić information content (AvgIpc) is 2.38. The van der Waals surface area contributed by atoms with Crippen LogP contribution in [-0.4, -0.2) is 34.4 Å². The number of ether oxygens (including phenoxy) is 1. The topological polar surface area (TPSA) is 67.4 Å². The number of nitrogens with one attached hydrogen (secondary N) is 2. The van der Waals surface area contributed by atoms with E-state index in [1.807, 2.05) is 6.92 Å². The summed E-state index contributed by atoms with van der Waals surface area (Å²) in [6.07, 6.45) is 1.52. The van der Waals surface area contributed by atoms with Crippen molar-refractivity contribution in [1.29, 1.82) is 0 Å². The highest BCUT2D eigenvalue weighted by atomic mass is 32.2. The highest BCUT2D eigenvalue weighted by Gasteiger charge is 2.11. The van der Waals surface area contributed by atoms with Gasteiger partial charge in [0.25, 0.3) is 0 Å². The third kappa shape index (κ3) is 5.75. The number of anilines is 1. The van der Waals surface area contributed by atoms with Crippen molar-refractivity contribution in [3.8, 4) is 5.75 Å². The summed E-state index contributed by atoms with van der Waals surface area (Å²) in [6.45, 7) is 3.56. The molecule has 0 aliphatic carbocycles. The van der Waals surface area contributed by atoms with Gasteiger partial charge in [-0.05, 0) is 38.1 Å². The second-order valence-corrected chi connectivity index (χ2v) is 6.22. The Morgan fingerprint density at radius 3 is 2.65 bits per heavy atom. The third-order valence-corrected chi connectivity index (χ3v) is 3.99. The maximum absolute atomic E-state index is 13.4. The zero-order valence-electron chi connectivity index (χ0n) is 11.8. The van der Waals surface area contributed by atoms with Gasteiger partial charge in [-0.15, -0.1) is 0 Å². The molecule has 2 N–H and O–H groups in total. The second kappa shape index (κ2) is 8.06. The minimum Gasteiger partial charge on any atom is -0.494 e. The van der Waals surface area contributed by atoms with Gasteiger partial charge in [0.05, 0.1) is 18.6 Å². The first-order valence-electron chi connectivity index (χ1n) is 6.53. The molecule has 5 nitrogen and oxygen atoms in total. The number of halogens is 1. The first-order valence-corrected chi connectivity index (χ1v) is 8.18. The van der Waals surface area contributed by atoms with Crippen LogP contribution in [0.5, 0.6) is 5.75 Å². The smallest absolute Gasteiger partial charge is 0.232 e. The largest absolute Gasteiger partial charge is 0.494 e. The van der Waals surface area contributed by atoms with Crippen LogP contribution in [0.1, 0.15) is 19.8 Å². The van der Waals surface area contributed by atoms with E-state index in [9.17, 15) is 12.8 Å². The molecule has 114 valence electrons. The van der Waals surface area contributed by atoms with Crippen molar-refractivity contribution in [1.82, 2.24) is 5.32 Å². The molecular weight excluding hydrogens is 283 g/mol. The Morgan fingerprint density at radius 2 is 2.05 bits per heavy atom. The minimum absolute atomic E-state index is 0.00262. The molecule has 0 amide bonds. The molecule has 0 spiro atoms. The number of hydrogen-bond donors (Lipinski definition) is 2. The van der Waals surface area contributed by atoms with Gasteiger partial charge in [0.2, 0.25) is 10.0 Å². The summed E-state index contributed by atoms with van der Waals surface area (Å²) in [5.74, 6) is -0.522. The first kappa shape index (κ1) is 16.7. The van der Waals surface area contributed by atoms with Crippen molar-refractivity contribution in [2.45, 2.75) is 19.8 Å². The molecule has 1 rings (SSSR count). The first-order chi connectivity index (χ1) is 9.48. The molecular formula is C13H21FN2O3S. The fourth-order valence-corrected chi connectivity index (χ4v) is 2.76. The maximum atomic E-state index is 13.4. The predicted octanol–water partition coefficient (Wildman–Crippen LogP) is 1.97. The molecule has 0 saturated carbocycles. The summed E-state index contributed by atoms with van der Waals surface area (Å²) >= 11 is 0. The molecule has 0 unspecified atom stereocenters. The van der Waals surface area contributed by atoms with E-state index in [4.69, 9.17) is 4.74 Å². The lowest BCUT2D eigenvalue weighted by molar-refractivity contribution is 0.386. The van der Waals surface area contributed by atoms with Gasteiger partial charge < -0.3 is 10.1 Å². The SMILES string of the molecule is CCCNCCCS(=O)(=O)Nc1ccc(OC)c(F)c1. The van der Waals surface area contributed by atoms with E-state index in [1.165, 1.54) is 19.2 Å². The van der Waals surface area contributed by atoms with Crippen molar-refractivity contribution >= 4 is 15.7 Å². The number of rotatable bonds is 9. The van der Waals surface area contributed by atoms with E-state index < -0.39 is 15.8 Å². The minimum atomic E-state index is -3.46. The Kier molecular flexibility index (Phi) is 6.74. The molecule has 0 saturated heterocycles. The van der Waals surface area contributed by atoms with Crippen molar-refractivity contribution in [2.24, 2.45) is 0 Å². The highest BCUT2D eigenvalue weighted by molar-refractivity contribution is 7.92. The van der Waals surface area contributed by atoms with Crippen LogP contribution in [0.3, 0.4) is 0 Å². The monoisotopic (exact) mass is 304 g/mol. The van der Waals surface area contributed by atoms with Crippen LogP contribution in [0.2, 0.25) is 0 Å². The second-order valence-electron chi connectivity index (χ2n) is 4.37. The lowest BCUT2D eigenvalue weighted by Crippen LogP contribution is -2.22. The normalized spacial score (nSPS) is 11.3. The lowest BCUT2D eigenvalue weighted by Gasteiger charge is -2.09. The Morgan fingerprint density at radius 1 is 1.30 bits per heavy atom. The van der Waals surface area contributed by atoms with Crippen LogP contribution in [0.4, 0.5) is 10.1 Å². The summed E-state index contributed by atoms with van der Waals surface area (Å²) in [6, 6.07) is 3.95. The van der Waals surface area contributed by atoms with Gasteiger partial charge in [0.15, 0.2) is 11.6 Å². The Balaban J connectivity index is 2.51. The molecule has 1 aromatic carbocycles. The highest BCUT2D eigenvalue weighted by Crippen LogP contribution is 2.21. The van der Waals surface area contributed by atoms with Gasteiger partial charge in [0.1, 0.15) is 0 Å². The standard InChI is InChI=1S/C13H21FN2O3S/c1-3-7-15-8-4-9-20(17,18)16-11-5-6-13(19-2)12(14)10-11/h5-6,10,15-16H,3-4,7-9H2,1-2H3. The van der Waals surface area contributed by atoms with E-state index in [-0.39, 0.29) is 17.2 Å². The van der Waals surface area contributed by atoms with Crippen LogP contribution < -0.4 is 14.8 Å². The Hall–Kier alpha value is -1.34. The molecule has 0 atom stereocenters. The number of sulfonamides is 1. The summed E-state index contributed by atoms with van der Waals surface area (Å²) in [5.41, 5.74) is 0.199. The molecule has 0 fully saturated rings. The van der Waals surface area contributed by atoms with E-state index >= 15 is 0 Å². The van der Waals surface area contributed by atoms with Crippen LogP contribution in [0.15, 0.2) is 18.2 Å². The molecule has 20 heavy (non-hydrogen) atoms. The van der Waals surface area contributed by atoms with Gasteiger partial charge >= 0.3 is 0 Å². The molecule has 0 radical (unpaired) electrons. The number of benzene rings is 1.